The van der Waals surface area contributed by atoms with Crippen molar-refractivity contribution >= 4 is 27.6 Å². The molecule has 0 saturated carbocycles. The predicted molar refractivity (Wildman–Crippen MR) is 49.5 cm³/mol. The first-order valence-corrected chi connectivity index (χ1v) is 4.04. The number of hydrogen-bond donors (Lipinski definition) is 2. The predicted octanol–water partition coefficient (Wildman–Crippen LogP) is 1.63. The molecule has 70 valence electrons. The average molecular weight is 250 g/mol. The van der Waals surface area contributed by atoms with E-state index in [1.807, 2.05) is 0 Å². The van der Waals surface area contributed by atoms with Gasteiger partial charge in [-0.15, -0.1) is 0 Å². The summed E-state index contributed by atoms with van der Waals surface area (Å²) in [5.41, 5.74) is 9.96. The second kappa shape index (κ2) is 3.69. The Hall–Kier alpha value is -1.17. The van der Waals surface area contributed by atoms with Crippen LogP contribution in [0.1, 0.15) is 0 Å². The summed E-state index contributed by atoms with van der Waals surface area (Å²) < 4.78 is 25.7. The lowest BCUT2D eigenvalue weighted by atomic mass is 10.3. The molecule has 6 heteroatoms. The summed E-state index contributed by atoms with van der Waals surface area (Å²) in [7, 11) is 0. The van der Waals surface area contributed by atoms with E-state index in [4.69, 9.17) is 11.5 Å². The molecule has 13 heavy (non-hydrogen) atoms. The molecule has 0 heterocycles. The fourth-order valence-corrected chi connectivity index (χ4v) is 1.07. The van der Waals surface area contributed by atoms with Gasteiger partial charge in [-0.25, -0.2) is 13.8 Å². The Balaban J connectivity index is 3.24. The Labute approximate surface area is 81.6 Å². The van der Waals surface area contributed by atoms with Gasteiger partial charge in [-0.2, -0.15) is 0 Å². The van der Waals surface area contributed by atoms with Crippen LogP contribution < -0.4 is 11.5 Å². The normalized spacial score (nSPS) is 9.77. The maximum absolute atomic E-state index is 12.9. The number of rotatable bonds is 1. The third-order valence-electron chi connectivity index (χ3n) is 1.24. The molecule has 0 aromatic heterocycles. The number of hydrogen-bond acceptors (Lipinski definition) is 1. The molecule has 0 saturated heterocycles. The summed E-state index contributed by atoms with van der Waals surface area (Å²) in [5.74, 6) is -1.79. The highest BCUT2D eigenvalue weighted by Crippen LogP contribution is 2.25. The Morgan fingerprint density at radius 1 is 1.23 bits per heavy atom. The Morgan fingerprint density at radius 3 is 2.38 bits per heavy atom. The Morgan fingerprint density at radius 2 is 1.85 bits per heavy atom. The lowest BCUT2D eigenvalue weighted by molar-refractivity contribution is 0.580. The molecular weight excluding hydrogens is 244 g/mol. The minimum atomic E-state index is -0.811. The van der Waals surface area contributed by atoms with Gasteiger partial charge in [0.25, 0.3) is 0 Å². The van der Waals surface area contributed by atoms with Crippen LogP contribution >= 0.6 is 15.9 Å². The van der Waals surface area contributed by atoms with Gasteiger partial charge in [0.1, 0.15) is 11.5 Å². The zero-order valence-corrected chi connectivity index (χ0v) is 7.98. The van der Waals surface area contributed by atoms with Crippen LogP contribution in [0.4, 0.5) is 14.5 Å². The maximum atomic E-state index is 12.9. The van der Waals surface area contributed by atoms with Crippen molar-refractivity contribution < 1.29 is 8.78 Å². The van der Waals surface area contributed by atoms with Crippen molar-refractivity contribution in [3.63, 3.8) is 0 Å². The fraction of sp³-hybridized carbons (Fsp3) is 0. The molecule has 1 rings (SSSR count). The zero-order chi connectivity index (χ0) is 10.0. The number of benzene rings is 1. The zero-order valence-electron chi connectivity index (χ0n) is 6.39. The third-order valence-corrected chi connectivity index (χ3v) is 1.85. The molecule has 0 aliphatic heterocycles. The standard InChI is InChI=1S/C7H6BrF2N3/c8-3-1-6(13-7(11)12)5(10)2-4(3)9/h1-2H,(H4,11,12,13). The van der Waals surface area contributed by atoms with Gasteiger partial charge in [-0.1, -0.05) is 0 Å². The Bertz CT molecular complexity index is 361. The molecule has 3 nitrogen and oxygen atoms in total. The first kappa shape index (κ1) is 9.91. The van der Waals surface area contributed by atoms with Crippen molar-refractivity contribution in [2.75, 3.05) is 0 Å². The van der Waals surface area contributed by atoms with Crippen LogP contribution in [0.15, 0.2) is 21.6 Å². The van der Waals surface area contributed by atoms with Crippen LogP contribution in [0.25, 0.3) is 0 Å². The summed E-state index contributed by atoms with van der Waals surface area (Å²) in [6.07, 6.45) is 0. The molecule has 0 unspecified atom stereocenters. The highest BCUT2D eigenvalue weighted by Gasteiger charge is 2.07. The molecule has 0 bridgehead atoms. The first-order valence-electron chi connectivity index (χ1n) is 3.25. The van der Waals surface area contributed by atoms with E-state index in [1.165, 1.54) is 0 Å². The number of halogens is 3. The molecule has 0 atom stereocenters. The van der Waals surface area contributed by atoms with E-state index in [-0.39, 0.29) is 16.1 Å². The van der Waals surface area contributed by atoms with Gasteiger partial charge in [-0.3, -0.25) is 0 Å². The fourth-order valence-electron chi connectivity index (χ4n) is 0.737. The van der Waals surface area contributed by atoms with Crippen LogP contribution in [0, 0.1) is 11.6 Å². The smallest absolute Gasteiger partial charge is 0.191 e. The second-order valence-corrected chi connectivity index (χ2v) is 3.11. The minimum absolute atomic E-state index is 0.103. The quantitative estimate of drug-likeness (QED) is 0.452. The monoisotopic (exact) mass is 249 g/mol. The van der Waals surface area contributed by atoms with Gasteiger partial charge in [-0.05, 0) is 22.0 Å². The first-order chi connectivity index (χ1) is 6.00. The van der Waals surface area contributed by atoms with E-state index in [2.05, 4.69) is 20.9 Å². The van der Waals surface area contributed by atoms with Gasteiger partial charge in [0.2, 0.25) is 0 Å². The lowest BCUT2D eigenvalue weighted by Gasteiger charge is -1.99. The highest BCUT2D eigenvalue weighted by atomic mass is 79.9. The van der Waals surface area contributed by atoms with Crippen LogP contribution in [0.3, 0.4) is 0 Å². The molecule has 0 spiro atoms. The van der Waals surface area contributed by atoms with Crippen molar-refractivity contribution in [3.8, 4) is 0 Å². The van der Waals surface area contributed by atoms with Crippen molar-refractivity contribution in [1.82, 2.24) is 0 Å². The van der Waals surface area contributed by atoms with E-state index < -0.39 is 11.6 Å². The summed E-state index contributed by atoms with van der Waals surface area (Å²) >= 11 is 2.88. The van der Waals surface area contributed by atoms with Crippen LogP contribution in [0.2, 0.25) is 0 Å². The molecule has 0 radical (unpaired) electrons. The topological polar surface area (TPSA) is 64.4 Å². The second-order valence-electron chi connectivity index (χ2n) is 2.25. The molecule has 1 aromatic carbocycles. The van der Waals surface area contributed by atoms with Gasteiger partial charge in [0.15, 0.2) is 11.8 Å². The van der Waals surface area contributed by atoms with Crippen molar-refractivity contribution in [1.29, 1.82) is 0 Å². The SMILES string of the molecule is NC(N)=Nc1cc(Br)c(F)cc1F. The van der Waals surface area contributed by atoms with Crippen molar-refractivity contribution in [2.45, 2.75) is 0 Å². The molecule has 0 aliphatic rings. The van der Waals surface area contributed by atoms with Crippen molar-refractivity contribution in [3.05, 3.63) is 28.2 Å². The van der Waals surface area contributed by atoms with Gasteiger partial charge < -0.3 is 11.5 Å². The van der Waals surface area contributed by atoms with E-state index in [0.717, 1.165) is 6.07 Å². The Kier molecular flexibility index (Phi) is 2.82. The summed E-state index contributed by atoms with van der Waals surface area (Å²) in [6, 6.07) is 1.86. The van der Waals surface area contributed by atoms with Crippen LogP contribution in [0.5, 0.6) is 0 Å². The van der Waals surface area contributed by atoms with Crippen LogP contribution in [-0.2, 0) is 0 Å². The van der Waals surface area contributed by atoms with E-state index in [9.17, 15) is 8.78 Å². The molecule has 4 N–H and O–H groups in total. The van der Waals surface area contributed by atoms with Gasteiger partial charge in [0, 0.05) is 6.07 Å². The molecule has 0 aliphatic carbocycles. The largest absolute Gasteiger partial charge is 0.370 e. The lowest BCUT2D eigenvalue weighted by Crippen LogP contribution is -2.22. The highest BCUT2D eigenvalue weighted by molar-refractivity contribution is 9.10. The number of guanidine groups is 1. The van der Waals surface area contributed by atoms with E-state index in [1.54, 1.807) is 0 Å². The molecule has 0 amide bonds. The maximum Gasteiger partial charge on any atom is 0.191 e. The summed E-state index contributed by atoms with van der Waals surface area (Å²) in [6.45, 7) is 0. The van der Waals surface area contributed by atoms with Gasteiger partial charge >= 0.3 is 0 Å². The summed E-state index contributed by atoms with van der Waals surface area (Å²) in [4.78, 5) is 3.46. The molecule has 1 aromatic rings. The number of aliphatic imine (C=N–C) groups is 1. The van der Waals surface area contributed by atoms with E-state index >= 15 is 0 Å². The molecular formula is C7H6BrF2N3. The van der Waals surface area contributed by atoms with E-state index in [0.29, 0.717) is 6.07 Å². The van der Waals surface area contributed by atoms with Crippen molar-refractivity contribution in [2.24, 2.45) is 16.5 Å². The number of nitrogens with zero attached hydrogens (tertiary/aromatic N) is 1. The van der Waals surface area contributed by atoms with Crippen LogP contribution in [-0.4, -0.2) is 5.96 Å². The number of nitrogens with two attached hydrogens (primary N) is 2. The third kappa shape index (κ3) is 2.38. The summed E-state index contributed by atoms with van der Waals surface area (Å²) in [5, 5.41) is 0. The average Bonchev–Trinajstić information content (AvgIpc) is 1.99. The minimum Gasteiger partial charge on any atom is -0.370 e. The molecule has 0 fully saturated rings. The van der Waals surface area contributed by atoms with Gasteiger partial charge in [0.05, 0.1) is 4.47 Å².